The molecule has 0 aliphatic carbocycles. The van der Waals surface area contributed by atoms with Gasteiger partial charge in [-0.15, -0.1) is 0 Å². The molecule has 0 amide bonds. The minimum Gasteiger partial charge on any atom is -0.372 e. The van der Waals surface area contributed by atoms with Crippen molar-refractivity contribution in [2.75, 3.05) is 33.0 Å². The first-order valence-electron chi connectivity index (χ1n) is 5.84. The van der Waals surface area contributed by atoms with E-state index in [2.05, 4.69) is 64.1 Å². The number of hydrogen-bond donors (Lipinski definition) is 1. The highest BCUT2D eigenvalue weighted by molar-refractivity contribution is 9.10. The molecular weight excluding hydrogens is 280 g/mol. The fraction of sp³-hybridized carbons (Fsp3) is 0.667. The number of aromatic nitrogens is 2. The van der Waals surface area contributed by atoms with Crippen LogP contribution in [0.2, 0.25) is 0 Å². The first-order valence-corrected chi connectivity index (χ1v) is 6.63. The Bertz CT molecular complexity index is 377. The fourth-order valence-electron chi connectivity index (χ4n) is 1.50. The zero-order chi connectivity index (χ0) is 13.0. The largest absolute Gasteiger partial charge is 0.372 e. The third-order valence-corrected chi connectivity index (χ3v) is 3.27. The fourth-order valence-corrected chi connectivity index (χ4v) is 2.33. The number of hydrogen-bond acceptors (Lipinski definition) is 4. The maximum absolute atomic E-state index is 4.63. The molecule has 0 aliphatic heterocycles. The lowest BCUT2D eigenvalue weighted by molar-refractivity contribution is 0.409. The molecule has 0 fully saturated rings. The molecule has 96 valence electrons. The van der Waals surface area contributed by atoms with Gasteiger partial charge in [0.05, 0.1) is 10.2 Å². The molecule has 0 saturated heterocycles. The van der Waals surface area contributed by atoms with E-state index in [0.717, 1.165) is 34.8 Å². The molecular formula is C12H21BrN4. The summed E-state index contributed by atoms with van der Waals surface area (Å²) in [5, 5.41) is 3.11. The summed E-state index contributed by atoms with van der Waals surface area (Å²) in [6, 6.07) is 0. The highest BCUT2D eigenvalue weighted by Gasteiger charge is 2.14. The summed E-state index contributed by atoms with van der Waals surface area (Å²) in [4.78, 5) is 11.3. The molecule has 0 unspecified atom stereocenters. The molecule has 0 radical (unpaired) electrons. The van der Waals surface area contributed by atoms with Gasteiger partial charge in [-0.3, -0.25) is 0 Å². The van der Waals surface area contributed by atoms with Gasteiger partial charge in [0.2, 0.25) is 0 Å². The van der Waals surface area contributed by atoms with Gasteiger partial charge in [-0.25, -0.2) is 9.97 Å². The predicted octanol–water partition coefficient (Wildman–Crippen LogP) is 2.51. The van der Waals surface area contributed by atoms with Crippen LogP contribution in [0.4, 0.5) is 5.82 Å². The average molecular weight is 301 g/mol. The van der Waals surface area contributed by atoms with E-state index in [1.807, 2.05) is 7.05 Å². The molecule has 0 aliphatic rings. The molecule has 0 aromatic carbocycles. The second-order valence-electron chi connectivity index (χ2n) is 4.65. The zero-order valence-corrected chi connectivity index (χ0v) is 12.8. The lowest BCUT2D eigenvalue weighted by Gasteiger charge is -2.14. The van der Waals surface area contributed by atoms with Crippen LogP contribution in [0, 0.1) is 0 Å². The van der Waals surface area contributed by atoms with Crippen LogP contribution in [-0.4, -0.2) is 42.6 Å². The van der Waals surface area contributed by atoms with Crippen LogP contribution >= 0.6 is 15.9 Å². The van der Waals surface area contributed by atoms with Crippen molar-refractivity contribution in [1.29, 1.82) is 0 Å². The number of halogens is 1. The lowest BCUT2D eigenvalue weighted by atomic mass is 10.1. The van der Waals surface area contributed by atoms with Crippen LogP contribution in [0.3, 0.4) is 0 Å². The van der Waals surface area contributed by atoms with Crippen molar-refractivity contribution in [2.24, 2.45) is 0 Å². The van der Waals surface area contributed by atoms with Crippen molar-refractivity contribution in [2.45, 2.75) is 26.2 Å². The molecule has 0 spiro atoms. The molecule has 4 nitrogen and oxygen atoms in total. The smallest absolute Gasteiger partial charge is 0.144 e. The highest BCUT2D eigenvalue weighted by atomic mass is 79.9. The Morgan fingerprint density at radius 1 is 1.29 bits per heavy atom. The van der Waals surface area contributed by atoms with E-state index in [1.54, 1.807) is 0 Å². The van der Waals surface area contributed by atoms with Gasteiger partial charge in [-0.2, -0.15) is 0 Å². The summed E-state index contributed by atoms with van der Waals surface area (Å²) in [5.74, 6) is 2.16. The van der Waals surface area contributed by atoms with E-state index in [0.29, 0.717) is 5.92 Å². The first kappa shape index (κ1) is 14.4. The summed E-state index contributed by atoms with van der Waals surface area (Å²) in [6.07, 6.45) is 0.870. The first-order chi connectivity index (χ1) is 7.95. The molecule has 1 rings (SSSR count). The van der Waals surface area contributed by atoms with E-state index in [9.17, 15) is 0 Å². The molecule has 0 atom stereocenters. The van der Waals surface area contributed by atoms with Gasteiger partial charge in [0.1, 0.15) is 11.6 Å². The lowest BCUT2D eigenvalue weighted by Crippen LogP contribution is -2.17. The molecule has 1 heterocycles. The molecule has 17 heavy (non-hydrogen) atoms. The summed E-state index contributed by atoms with van der Waals surface area (Å²) in [6.45, 7) is 5.24. The third-order valence-electron chi connectivity index (χ3n) is 2.49. The maximum Gasteiger partial charge on any atom is 0.144 e. The van der Waals surface area contributed by atoms with Gasteiger partial charge >= 0.3 is 0 Å². The van der Waals surface area contributed by atoms with Crippen molar-refractivity contribution in [1.82, 2.24) is 14.9 Å². The molecule has 1 N–H and O–H groups in total. The van der Waals surface area contributed by atoms with Gasteiger partial charge < -0.3 is 10.2 Å². The van der Waals surface area contributed by atoms with Crippen molar-refractivity contribution in [3.05, 3.63) is 16.0 Å². The molecule has 1 aromatic rings. The minimum absolute atomic E-state index is 0.387. The minimum atomic E-state index is 0.387. The zero-order valence-electron chi connectivity index (χ0n) is 11.2. The summed E-state index contributed by atoms with van der Waals surface area (Å²) < 4.78 is 0.976. The Balaban J connectivity index is 3.03. The van der Waals surface area contributed by atoms with Crippen molar-refractivity contribution in [3.63, 3.8) is 0 Å². The standard InChI is InChI=1S/C12H21BrN4/c1-8(2)11-10(13)12(14-3)16-9(15-11)6-7-17(4)5/h8H,6-7H2,1-5H3,(H,14,15,16). The van der Waals surface area contributed by atoms with E-state index >= 15 is 0 Å². The van der Waals surface area contributed by atoms with E-state index in [4.69, 9.17) is 0 Å². The third kappa shape index (κ3) is 3.92. The van der Waals surface area contributed by atoms with E-state index < -0.39 is 0 Å². The quantitative estimate of drug-likeness (QED) is 0.907. The van der Waals surface area contributed by atoms with Gasteiger partial charge in [0, 0.05) is 20.0 Å². The number of likely N-dealkylation sites (N-methyl/N-ethyl adjacent to an activating group) is 1. The summed E-state index contributed by atoms with van der Waals surface area (Å²) in [5.41, 5.74) is 1.07. The summed E-state index contributed by atoms with van der Waals surface area (Å²) in [7, 11) is 6.00. The number of nitrogens with one attached hydrogen (secondary N) is 1. The van der Waals surface area contributed by atoms with Gasteiger partial charge in [0.15, 0.2) is 0 Å². The van der Waals surface area contributed by atoms with Gasteiger partial charge in [-0.05, 0) is 35.9 Å². The van der Waals surface area contributed by atoms with Crippen LogP contribution in [0.5, 0.6) is 0 Å². The maximum atomic E-state index is 4.63. The number of anilines is 1. The number of rotatable bonds is 5. The highest BCUT2D eigenvalue weighted by Crippen LogP contribution is 2.28. The monoisotopic (exact) mass is 300 g/mol. The SMILES string of the molecule is CNc1nc(CCN(C)C)nc(C(C)C)c1Br. The Morgan fingerprint density at radius 2 is 1.94 bits per heavy atom. The van der Waals surface area contributed by atoms with E-state index in [-0.39, 0.29) is 0 Å². The Kier molecular flexibility index (Phi) is 5.33. The van der Waals surface area contributed by atoms with Crippen LogP contribution in [0.25, 0.3) is 0 Å². The molecule has 0 saturated carbocycles. The Hall–Kier alpha value is -0.680. The molecule has 1 aromatic heterocycles. The van der Waals surface area contributed by atoms with Crippen LogP contribution in [-0.2, 0) is 6.42 Å². The molecule has 0 bridgehead atoms. The van der Waals surface area contributed by atoms with Crippen LogP contribution in [0.1, 0.15) is 31.3 Å². The summed E-state index contributed by atoms with van der Waals surface area (Å²) >= 11 is 3.56. The van der Waals surface area contributed by atoms with Gasteiger partial charge in [-0.1, -0.05) is 13.8 Å². The van der Waals surface area contributed by atoms with Crippen molar-refractivity contribution in [3.8, 4) is 0 Å². The van der Waals surface area contributed by atoms with Crippen molar-refractivity contribution >= 4 is 21.7 Å². The topological polar surface area (TPSA) is 41.1 Å². The van der Waals surface area contributed by atoms with Crippen LogP contribution < -0.4 is 5.32 Å². The average Bonchev–Trinajstić information content (AvgIpc) is 2.27. The Morgan fingerprint density at radius 3 is 2.41 bits per heavy atom. The van der Waals surface area contributed by atoms with E-state index in [1.165, 1.54) is 0 Å². The normalized spacial score (nSPS) is 11.3. The number of nitrogens with zero attached hydrogens (tertiary/aromatic N) is 3. The van der Waals surface area contributed by atoms with Crippen LogP contribution in [0.15, 0.2) is 4.47 Å². The molecule has 5 heteroatoms. The second kappa shape index (κ2) is 6.31. The van der Waals surface area contributed by atoms with Crippen molar-refractivity contribution < 1.29 is 0 Å². The van der Waals surface area contributed by atoms with Gasteiger partial charge in [0.25, 0.3) is 0 Å². The Labute approximate surface area is 112 Å². The predicted molar refractivity (Wildman–Crippen MR) is 75.6 cm³/mol. The second-order valence-corrected chi connectivity index (χ2v) is 5.44.